The SMILES string of the molecule is CCOC(=O)/C=c1\s/c(=C\c2ccc(Cl)cc2)c(=O)n1CC(=O)Nc1cccc(F)c1. The molecule has 0 bridgehead atoms. The molecule has 0 unspecified atom stereocenters. The van der Waals surface area contributed by atoms with Gasteiger partial charge in [0.15, 0.2) is 0 Å². The normalized spacial score (nSPS) is 12.1. The molecule has 31 heavy (non-hydrogen) atoms. The van der Waals surface area contributed by atoms with Gasteiger partial charge in [0.25, 0.3) is 5.56 Å². The van der Waals surface area contributed by atoms with Gasteiger partial charge in [-0.05, 0) is 48.9 Å². The third kappa shape index (κ3) is 6.13. The van der Waals surface area contributed by atoms with E-state index < -0.39 is 23.3 Å². The molecule has 3 rings (SSSR count). The van der Waals surface area contributed by atoms with Gasteiger partial charge in [0.1, 0.15) is 17.0 Å². The number of ether oxygens (including phenoxy) is 1. The number of nitrogens with zero attached hydrogens (tertiary/aromatic N) is 1. The highest BCUT2D eigenvalue weighted by atomic mass is 35.5. The zero-order chi connectivity index (χ0) is 22.4. The van der Waals surface area contributed by atoms with Crippen molar-refractivity contribution < 1.29 is 18.7 Å². The Morgan fingerprint density at radius 2 is 1.97 bits per heavy atom. The van der Waals surface area contributed by atoms with Crippen LogP contribution in [0.4, 0.5) is 10.1 Å². The summed E-state index contributed by atoms with van der Waals surface area (Å²) in [5, 5.41) is 3.10. The van der Waals surface area contributed by atoms with Gasteiger partial charge in [-0.2, -0.15) is 0 Å². The third-order valence-electron chi connectivity index (χ3n) is 4.04. The largest absolute Gasteiger partial charge is 0.463 e. The lowest BCUT2D eigenvalue weighted by atomic mass is 10.2. The summed E-state index contributed by atoms with van der Waals surface area (Å²) in [5.41, 5.74) is 0.559. The van der Waals surface area contributed by atoms with Crippen LogP contribution in [0.1, 0.15) is 12.5 Å². The minimum atomic E-state index is -0.624. The van der Waals surface area contributed by atoms with Crippen molar-refractivity contribution >= 4 is 52.7 Å². The van der Waals surface area contributed by atoms with Crippen molar-refractivity contribution in [3.63, 3.8) is 0 Å². The molecule has 0 aliphatic heterocycles. The molecule has 1 aromatic heterocycles. The number of esters is 1. The lowest BCUT2D eigenvalue weighted by Gasteiger charge is -2.06. The highest BCUT2D eigenvalue weighted by molar-refractivity contribution is 7.07. The second-order valence-corrected chi connectivity index (χ2v) is 7.85. The van der Waals surface area contributed by atoms with Crippen molar-refractivity contribution in [2.75, 3.05) is 11.9 Å². The highest BCUT2D eigenvalue weighted by Crippen LogP contribution is 2.10. The van der Waals surface area contributed by atoms with Crippen LogP contribution < -0.4 is 20.1 Å². The minimum Gasteiger partial charge on any atom is -0.463 e. The number of hydrogen-bond donors (Lipinski definition) is 1. The topological polar surface area (TPSA) is 77.4 Å². The second kappa shape index (κ2) is 10.2. The number of benzene rings is 2. The summed E-state index contributed by atoms with van der Waals surface area (Å²) in [5.74, 6) is -1.66. The Morgan fingerprint density at radius 1 is 1.23 bits per heavy atom. The maximum Gasteiger partial charge on any atom is 0.333 e. The van der Waals surface area contributed by atoms with Gasteiger partial charge in [0, 0.05) is 10.7 Å². The van der Waals surface area contributed by atoms with E-state index in [1.807, 2.05) is 0 Å². The highest BCUT2D eigenvalue weighted by Gasteiger charge is 2.12. The van der Waals surface area contributed by atoms with Crippen LogP contribution >= 0.6 is 22.9 Å². The molecule has 0 aliphatic carbocycles. The Hall–Kier alpha value is -3.23. The minimum absolute atomic E-state index is 0.175. The number of anilines is 1. The molecule has 1 heterocycles. The summed E-state index contributed by atoms with van der Waals surface area (Å²) in [6.45, 7) is 1.49. The number of hydrogen-bond acceptors (Lipinski definition) is 5. The van der Waals surface area contributed by atoms with E-state index in [1.54, 1.807) is 37.3 Å². The van der Waals surface area contributed by atoms with Crippen molar-refractivity contribution in [2.24, 2.45) is 0 Å². The molecule has 2 aromatic carbocycles. The zero-order valence-electron chi connectivity index (χ0n) is 16.4. The first-order chi connectivity index (χ1) is 14.9. The van der Waals surface area contributed by atoms with Crippen LogP contribution in [0.2, 0.25) is 5.02 Å². The number of amides is 1. The van der Waals surface area contributed by atoms with E-state index in [2.05, 4.69) is 5.32 Å². The Labute approximate surface area is 185 Å². The first-order valence-corrected chi connectivity index (χ1v) is 10.5. The van der Waals surface area contributed by atoms with Gasteiger partial charge in [-0.25, -0.2) is 9.18 Å². The van der Waals surface area contributed by atoms with Crippen molar-refractivity contribution in [1.82, 2.24) is 4.57 Å². The number of rotatable bonds is 6. The van der Waals surface area contributed by atoms with E-state index >= 15 is 0 Å². The molecule has 0 spiro atoms. The van der Waals surface area contributed by atoms with Crippen molar-refractivity contribution in [1.29, 1.82) is 0 Å². The number of carbonyl (C=O) groups is 2. The fraction of sp³-hybridized carbons (Fsp3) is 0.136. The quantitative estimate of drug-likeness (QED) is 0.573. The van der Waals surface area contributed by atoms with Crippen LogP contribution in [-0.4, -0.2) is 23.1 Å². The fourth-order valence-corrected chi connectivity index (χ4v) is 3.85. The first kappa shape index (κ1) is 22.5. The monoisotopic (exact) mass is 460 g/mol. The summed E-state index contributed by atoms with van der Waals surface area (Å²) in [7, 11) is 0. The first-order valence-electron chi connectivity index (χ1n) is 9.26. The predicted octanol–water partition coefficient (Wildman–Crippen LogP) is 2.51. The maximum atomic E-state index is 13.4. The molecule has 6 nitrogen and oxygen atoms in total. The molecule has 0 fully saturated rings. The third-order valence-corrected chi connectivity index (χ3v) is 5.35. The molecule has 1 N–H and O–H groups in total. The summed E-state index contributed by atoms with van der Waals surface area (Å²) >= 11 is 6.95. The standard InChI is InChI=1S/C22H18ClFN2O4S/c1-2-30-21(28)12-20-26(13-19(27)25-17-5-3-4-16(24)11-17)22(29)18(31-20)10-14-6-8-15(23)9-7-14/h3-12H,2,13H2,1H3,(H,25,27)/b18-10-,20-12-. The molecule has 0 atom stereocenters. The molecule has 9 heteroatoms. The average molecular weight is 461 g/mol. The molecule has 160 valence electrons. The molecule has 0 radical (unpaired) electrons. The maximum absolute atomic E-state index is 13.4. The zero-order valence-corrected chi connectivity index (χ0v) is 18.0. The van der Waals surface area contributed by atoms with Crippen LogP contribution in [0.3, 0.4) is 0 Å². The molecule has 1 amide bonds. The van der Waals surface area contributed by atoms with Crippen LogP contribution in [0.5, 0.6) is 0 Å². The fourth-order valence-electron chi connectivity index (χ4n) is 2.70. The lowest BCUT2D eigenvalue weighted by Crippen LogP contribution is -2.36. The van der Waals surface area contributed by atoms with Gasteiger partial charge >= 0.3 is 5.97 Å². The van der Waals surface area contributed by atoms with Gasteiger partial charge in [-0.1, -0.05) is 29.8 Å². The number of halogens is 2. The Bertz CT molecular complexity index is 1280. The van der Waals surface area contributed by atoms with E-state index in [0.717, 1.165) is 16.9 Å². The van der Waals surface area contributed by atoms with E-state index in [0.29, 0.717) is 9.55 Å². The number of thiazole rings is 1. The smallest absolute Gasteiger partial charge is 0.333 e. The lowest BCUT2D eigenvalue weighted by molar-refractivity contribution is -0.135. The molecule has 0 aliphatic rings. The summed E-state index contributed by atoms with van der Waals surface area (Å²) in [4.78, 5) is 37.4. The van der Waals surface area contributed by atoms with E-state index in [-0.39, 0.29) is 23.5 Å². The van der Waals surface area contributed by atoms with Gasteiger partial charge in [-0.15, -0.1) is 11.3 Å². The molecular formula is C22H18ClFN2O4S. The number of aromatic nitrogens is 1. The van der Waals surface area contributed by atoms with Crippen LogP contribution in [0, 0.1) is 5.82 Å². The Balaban J connectivity index is 1.99. The van der Waals surface area contributed by atoms with Crippen LogP contribution in [0.15, 0.2) is 53.3 Å². The molecule has 0 saturated heterocycles. The van der Waals surface area contributed by atoms with E-state index in [4.69, 9.17) is 16.3 Å². The van der Waals surface area contributed by atoms with Gasteiger partial charge in [0.05, 0.1) is 17.2 Å². The van der Waals surface area contributed by atoms with Gasteiger partial charge in [-0.3, -0.25) is 14.2 Å². The summed E-state index contributed by atoms with van der Waals surface area (Å²) < 4.78 is 20.0. The Morgan fingerprint density at radius 3 is 2.65 bits per heavy atom. The average Bonchev–Trinajstić information content (AvgIpc) is 2.98. The number of carbonyl (C=O) groups excluding carboxylic acids is 2. The Kier molecular flexibility index (Phi) is 7.38. The van der Waals surface area contributed by atoms with Crippen molar-refractivity contribution in [3.05, 3.63) is 84.5 Å². The summed E-state index contributed by atoms with van der Waals surface area (Å²) in [6, 6.07) is 12.3. The second-order valence-electron chi connectivity index (χ2n) is 6.35. The van der Waals surface area contributed by atoms with Crippen molar-refractivity contribution in [2.45, 2.75) is 13.5 Å². The molecular weight excluding hydrogens is 443 g/mol. The molecule has 0 saturated carbocycles. The van der Waals surface area contributed by atoms with Gasteiger partial charge < -0.3 is 10.1 Å². The van der Waals surface area contributed by atoms with Crippen LogP contribution in [0.25, 0.3) is 12.2 Å². The van der Waals surface area contributed by atoms with Crippen molar-refractivity contribution in [3.8, 4) is 0 Å². The number of nitrogens with one attached hydrogen (secondary N) is 1. The van der Waals surface area contributed by atoms with Gasteiger partial charge in [0.2, 0.25) is 5.91 Å². The predicted molar refractivity (Wildman–Crippen MR) is 119 cm³/mol. The van der Waals surface area contributed by atoms with Crippen LogP contribution in [-0.2, 0) is 20.9 Å². The summed E-state index contributed by atoms with van der Waals surface area (Å²) in [6.07, 6.45) is 2.82. The molecule has 3 aromatic rings. The van der Waals surface area contributed by atoms with E-state index in [9.17, 15) is 18.8 Å². The van der Waals surface area contributed by atoms with E-state index in [1.165, 1.54) is 34.9 Å².